The average Bonchev–Trinajstić information content (AvgIpc) is 3.16. The number of benzene rings is 1. The standard InChI is InChI=1S/C15H21N3O2/c1-9-6-13(9)15(20)18-12-5-3-4-11(7-12)14(19)17-10(2)8-16/h3-5,7,9-10,13H,6,8,16H2,1-2H3,(H,17,19)(H,18,20)/t9?,10-,13?/m0/s1. The Hall–Kier alpha value is -1.88. The number of rotatable bonds is 5. The second kappa shape index (κ2) is 6.05. The Balaban J connectivity index is 2.00. The van der Waals surface area contributed by atoms with E-state index >= 15 is 0 Å². The number of amides is 2. The second-order valence-electron chi connectivity index (χ2n) is 5.50. The highest BCUT2D eigenvalue weighted by Gasteiger charge is 2.39. The van der Waals surface area contributed by atoms with Gasteiger partial charge in [-0.15, -0.1) is 0 Å². The molecule has 0 saturated heterocycles. The lowest BCUT2D eigenvalue weighted by Gasteiger charge is -2.12. The van der Waals surface area contributed by atoms with E-state index in [0.29, 0.717) is 23.7 Å². The summed E-state index contributed by atoms with van der Waals surface area (Å²) >= 11 is 0. The molecule has 1 fully saturated rings. The fourth-order valence-corrected chi connectivity index (χ4v) is 2.03. The normalized spacial score (nSPS) is 21.9. The van der Waals surface area contributed by atoms with Crippen LogP contribution >= 0.6 is 0 Å². The van der Waals surface area contributed by atoms with E-state index in [1.165, 1.54) is 0 Å². The molecule has 2 amide bonds. The first-order chi connectivity index (χ1) is 9.51. The van der Waals surface area contributed by atoms with Crippen molar-refractivity contribution in [2.24, 2.45) is 17.6 Å². The summed E-state index contributed by atoms with van der Waals surface area (Å²) in [5, 5.41) is 5.65. The minimum Gasteiger partial charge on any atom is -0.348 e. The molecular formula is C15H21N3O2. The molecule has 0 radical (unpaired) electrons. The highest BCUT2D eigenvalue weighted by molar-refractivity contribution is 5.98. The molecule has 20 heavy (non-hydrogen) atoms. The van der Waals surface area contributed by atoms with E-state index in [1.807, 2.05) is 6.92 Å². The quantitative estimate of drug-likeness (QED) is 0.758. The van der Waals surface area contributed by atoms with Crippen LogP contribution in [0.1, 0.15) is 30.6 Å². The number of carbonyl (C=O) groups excluding carboxylic acids is 2. The maximum absolute atomic E-state index is 12.0. The number of hydrogen-bond donors (Lipinski definition) is 3. The SMILES string of the molecule is CC1CC1C(=O)Nc1cccc(C(=O)N[C@@H](C)CN)c1. The van der Waals surface area contributed by atoms with Crippen LogP contribution in [0.2, 0.25) is 0 Å². The monoisotopic (exact) mass is 275 g/mol. The van der Waals surface area contributed by atoms with Gasteiger partial charge in [0.2, 0.25) is 5.91 Å². The molecule has 5 nitrogen and oxygen atoms in total. The summed E-state index contributed by atoms with van der Waals surface area (Å²) < 4.78 is 0. The molecule has 1 aromatic carbocycles. The molecule has 0 spiro atoms. The Morgan fingerprint density at radius 3 is 2.75 bits per heavy atom. The maximum atomic E-state index is 12.0. The van der Waals surface area contributed by atoms with Crippen molar-refractivity contribution in [3.05, 3.63) is 29.8 Å². The van der Waals surface area contributed by atoms with Crippen LogP contribution in [-0.4, -0.2) is 24.4 Å². The highest BCUT2D eigenvalue weighted by atomic mass is 16.2. The molecule has 2 rings (SSSR count). The Kier molecular flexibility index (Phi) is 4.39. The van der Waals surface area contributed by atoms with Crippen molar-refractivity contribution >= 4 is 17.5 Å². The van der Waals surface area contributed by atoms with E-state index in [-0.39, 0.29) is 23.8 Å². The number of carbonyl (C=O) groups is 2. The number of hydrogen-bond acceptors (Lipinski definition) is 3. The van der Waals surface area contributed by atoms with Crippen molar-refractivity contribution in [3.63, 3.8) is 0 Å². The van der Waals surface area contributed by atoms with E-state index in [9.17, 15) is 9.59 Å². The smallest absolute Gasteiger partial charge is 0.251 e. The Labute approximate surface area is 118 Å². The summed E-state index contributed by atoms with van der Waals surface area (Å²) in [5.74, 6) is 0.431. The van der Waals surface area contributed by atoms with Crippen LogP contribution in [-0.2, 0) is 4.79 Å². The molecule has 108 valence electrons. The van der Waals surface area contributed by atoms with Gasteiger partial charge in [0.15, 0.2) is 0 Å². The Bertz CT molecular complexity index is 516. The van der Waals surface area contributed by atoms with Crippen molar-refractivity contribution in [1.82, 2.24) is 5.32 Å². The zero-order valence-electron chi connectivity index (χ0n) is 11.8. The molecule has 5 heteroatoms. The third kappa shape index (κ3) is 3.57. The van der Waals surface area contributed by atoms with Gasteiger partial charge < -0.3 is 16.4 Å². The number of nitrogens with one attached hydrogen (secondary N) is 2. The fourth-order valence-electron chi connectivity index (χ4n) is 2.03. The van der Waals surface area contributed by atoms with Crippen LogP contribution < -0.4 is 16.4 Å². The van der Waals surface area contributed by atoms with Crippen LogP contribution in [0.15, 0.2) is 24.3 Å². The third-order valence-corrected chi connectivity index (χ3v) is 3.57. The third-order valence-electron chi connectivity index (χ3n) is 3.57. The predicted octanol–water partition coefficient (Wildman–Crippen LogP) is 1.36. The summed E-state index contributed by atoms with van der Waals surface area (Å²) in [7, 11) is 0. The first-order valence-corrected chi connectivity index (χ1v) is 6.93. The van der Waals surface area contributed by atoms with Crippen molar-refractivity contribution in [2.45, 2.75) is 26.3 Å². The van der Waals surface area contributed by atoms with Gasteiger partial charge in [-0.25, -0.2) is 0 Å². The Morgan fingerprint density at radius 1 is 1.45 bits per heavy atom. The average molecular weight is 275 g/mol. The number of nitrogens with two attached hydrogens (primary N) is 1. The fraction of sp³-hybridized carbons (Fsp3) is 0.467. The molecular weight excluding hydrogens is 254 g/mol. The van der Waals surface area contributed by atoms with E-state index in [4.69, 9.17) is 5.73 Å². The maximum Gasteiger partial charge on any atom is 0.251 e. The molecule has 4 N–H and O–H groups in total. The highest BCUT2D eigenvalue weighted by Crippen LogP contribution is 2.38. The van der Waals surface area contributed by atoms with Gasteiger partial charge in [-0.2, -0.15) is 0 Å². The van der Waals surface area contributed by atoms with Gasteiger partial charge in [-0.05, 0) is 37.5 Å². The van der Waals surface area contributed by atoms with E-state index in [2.05, 4.69) is 17.6 Å². The van der Waals surface area contributed by atoms with Crippen LogP contribution in [0.4, 0.5) is 5.69 Å². The van der Waals surface area contributed by atoms with Crippen LogP contribution in [0.5, 0.6) is 0 Å². The summed E-state index contributed by atoms with van der Waals surface area (Å²) in [5.41, 5.74) is 6.65. The van der Waals surface area contributed by atoms with E-state index in [0.717, 1.165) is 6.42 Å². The van der Waals surface area contributed by atoms with Crippen molar-refractivity contribution in [3.8, 4) is 0 Å². The molecule has 0 aliphatic heterocycles. The summed E-state index contributed by atoms with van der Waals surface area (Å²) in [4.78, 5) is 23.8. The molecule has 0 aromatic heterocycles. The lowest BCUT2D eigenvalue weighted by atomic mass is 10.1. The Morgan fingerprint density at radius 2 is 2.15 bits per heavy atom. The molecule has 3 atom stereocenters. The second-order valence-corrected chi connectivity index (χ2v) is 5.50. The largest absolute Gasteiger partial charge is 0.348 e. The van der Waals surface area contributed by atoms with E-state index < -0.39 is 0 Å². The van der Waals surface area contributed by atoms with Crippen molar-refractivity contribution in [2.75, 3.05) is 11.9 Å². The topological polar surface area (TPSA) is 84.2 Å². The molecule has 1 saturated carbocycles. The summed E-state index contributed by atoms with van der Waals surface area (Å²) in [6.07, 6.45) is 0.944. The van der Waals surface area contributed by atoms with Gasteiger partial charge in [0, 0.05) is 29.8 Å². The van der Waals surface area contributed by atoms with Crippen LogP contribution in [0, 0.1) is 11.8 Å². The van der Waals surface area contributed by atoms with Gasteiger partial charge in [0.1, 0.15) is 0 Å². The predicted molar refractivity (Wildman–Crippen MR) is 78.3 cm³/mol. The molecule has 1 aromatic rings. The lowest BCUT2D eigenvalue weighted by molar-refractivity contribution is -0.117. The zero-order valence-corrected chi connectivity index (χ0v) is 11.8. The first-order valence-electron chi connectivity index (χ1n) is 6.93. The van der Waals surface area contributed by atoms with Crippen LogP contribution in [0.3, 0.4) is 0 Å². The van der Waals surface area contributed by atoms with Gasteiger partial charge in [-0.1, -0.05) is 13.0 Å². The molecule has 0 bridgehead atoms. The van der Waals surface area contributed by atoms with Crippen LogP contribution in [0.25, 0.3) is 0 Å². The zero-order chi connectivity index (χ0) is 14.7. The molecule has 1 aliphatic carbocycles. The summed E-state index contributed by atoms with van der Waals surface area (Å²) in [6.45, 7) is 4.29. The minimum atomic E-state index is -0.182. The molecule has 2 unspecified atom stereocenters. The van der Waals surface area contributed by atoms with E-state index in [1.54, 1.807) is 24.3 Å². The molecule has 1 aliphatic rings. The lowest BCUT2D eigenvalue weighted by Crippen LogP contribution is -2.37. The van der Waals surface area contributed by atoms with Gasteiger partial charge >= 0.3 is 0 Å². The number of anilines is 1. The van der Waals surface area contributed by atoms with Gasteiger partial charge in [0.25, 0.3) is 5.91 Å². The van der Waals surface area contributed by atoms with Crippen molar-refractivity contribution < 1.29 is 9.59 Å². The minimum absolute atomic E-state index is 0.0328. The molecule has 0 heterocycles. The van der Waals surface area contributed by atoms with Crippen molar-refractivity contribution in [1.29, 1.82) is 0 Å². The summed E-state index contributed by atoms with van der Waals surface area (Å²) in [6, 6.07) is 6.87. The van der Waals surface area contributed by atoms with Gasteiger partial charge in [-0.3, -0.25) is 9.59 Å². The van der Waals surface area contributed by atoms with Gasteiger partial charge in [0.05, 0.1) is 0 Å². The first kappa shape index (κ1) is 14.5.